The molecule has 1 aromatic carbocycles. The molecule has 5 heteroatoms. The average Bonchev–Trinajstić information content (AvgIpc) is 3.07. The molecule has 1 amide bonds. The Hall–Kier alpha value is -2.17. The van der Waals surface area contributed by atoms with Crippen LogP contribution in [0.25, 0.3) is 0 Å². The van der Waals surface area contributed by atoms with Crippen molar-refractivity contribution in [1.29, 1.82) is 0 Å². The first-order chi connectivity index (χ1) is 9.66. The van der Waals surface area contributed by atoms with Gasteiger partial charge in [0.1, 0.15) is 5.82 Å². The predicted molar refractivity (Wildman–Crippen MR) is 70.7 cm³/mol. The quantitative estimate of drug-likeness (QED) is 0.845. The van der Waals surface area contributed by atoms with Crippen molar-refractivity contribution in [3.05, 3.63) is 53.2 Å². The molecule has 0 spiro atoms. The van der Waals surface area contributed by atoms with E-state index >= 15 is 0 Å². The van der Waals surface area contributed by atoms with Gasteiger partial charge in [-0.15, -0.1) is 0 Å². The Morgan fingerprint density at radius 1 is 1.45 bits per heavy atom. The third-order valence-electron chi connectivity index (χ3n) is 3.62. The van der Waals surface area contributed by atoms with E-state index in [2.05, 4.69) is 5.16 Å². The number of aromatic nitrogens is 1. The van der Waals surface area contributed by atoms with E-state index in [1.165, 1.54) is 6.07 Å². The molecule has 104 valence electrons. The maximum absolute atomic E-state index is 13.9. The van der Waals surface area contributed by atoms with Crippen LogP contribution in [-0.4, -0.2) is 22.5 Å². The molecule has 0 saturated carbocycles. The van der Waals surface area contributed by atoms with Crippen LogP contribution in [0.1, 0.15) is 40.7 Å². The van der Waals surface area contributed by atoms with E-state index < -0.39 is 0 Å². The summed E-state index contributed by atoms with van der Waals surface area (Å²) in [6, 6.07) is 7.98. The molecule has 1 saturated heterocycles. The fourth-order valence-corrected chi connectivity index (χ4v) is 2.68. The second kappa shape index (κ2) is 5.07. The smallest absolute Gasteiger partial charge is 0.292 e. The second-order valence-electron chi connectivity index (χ2n) is 5.01. The predicted octanol–water partition coefficient (Wildman–Crippen LogP) is 3.10. The number of halogens is 1. The van der Waals surface area contributed by atoms with Crippen LogP contribution in [0, 0.1) is 12.7 Å². The molecule has 1 aromatic heterocycles. The van der Waals surface area contributed by atoms with E-state index in [0.29, 0.717) is 17.8 Å². The van der Waals surface area contributed by atoms with E-state index in [1.807, 2.05) is 0 Å². The van der Waals surface area contributed by atoms with Gasteiger partial charge in [0.05, 0.1) is 11.7 Å². The molecule has 1 fully saturated rings. The molecule has 20 heavy (non-hydrogen) atoms. The van der Waals surface area contributed by atoms with Gasteiger partial charge in [0.15, 0.2) is 0 Å². The van der Waals surface area contributed by atoms with Crippen LogP contribution >= 0.6 is 0 Å². The van der Waals surface area contributed by atoms with Crippen LogP contribution in [-0.2, 0) is 0 Å². The Labute approximate surface area is 116 Å². The molecule has 0 bridgehead atoms. The fourth-order valence-electron chi connectivity index (χ4n) is 2.68. The van der Waals surface area contributed by atoms with Crippen LogP contribution in [0.15, 0.2) is 34.9 Å². The number of carbonyl (C=O) groups is 1. The summed E-state index contributed by atoms with van der Waals surface area (Å²) in [4.78, 5) is 14.1. The molecule has 2 heterocycles. The Kier molecular flexibility index (Phi) is 3.26. The minimum atomic E-state index is -0.272. The molecular weight excluding hydrogens is 259 g/mol. The highest BCUT2D eigenvalue weighted by Gasteiger charge is 2.33. The SMILES string of the molecule is Cc1cc(C(=O)N2CCC[C@@H]2c2ccccc2F)on1. The molecule has 1 atom stereocenters. The monoisotopic (exact) mass is 274 g/mol. The zero-order valence-corrected chi connectivity index (χ0v) is 11.2. The van der Waals surface area contributed by atoms with E-state index in [0.717, 1.165) is 12.8 Å². The average molecular weight is 274 g/mol. The third-order valence-corrected chi connectivity index (χ3v) is 3.62. The van der Waals surface area contributed by atoms with Gasteiger partial charge in [-0.05, 0) is 25.8 Å². The lowest BCUT2D eigenvalue weighted by molar-refractivity contribution is 0.0691. The van der Waals surface area contributed by atoms with E-state index in [1.54, 1.807) is 36.1 Å². The fraction of sp³-hybridized carbons (Fsp3) is 0.333. The van der Waals surface area contributed by atoms with Gasteiger partial charge in [-0.1, -0.05) is 23.4 Å². The molecule has 0 N–H and O–H groups in total. The number of aryl methyl sites for hydroxylation is 1. The number of nitrogens with zero attached hydrogens (tertiary/aromatic N) is 2. The number of likely N-dealkylation sites (tertiary alicyclic amines) is 1. The number of rotatable bonds is 2. The number of amides is 1. The van der Waals surface area contributed by atoms with Crippen molar-refractivity contribution in [2.75, 3.05) is 6.54 Å². The van der Waals surface area contributed by atoms with Crippen LogP contribution in [0.5, 0.6) is 0 Å². The lowest BCUT2D eigenvalue weighted by Crippen LogP contribution is -2.30. The van der Waals surface area contributed by atoms with E-state index in [4.69, 9.17) is 4.52 Å². The van der Waals surface area contributed by atoms with Gasteiger partial charge >= 0.3 is 0 Å². The summed E-state index contributed by atoms with van der Waals surface area (Å²) in [6.07, 6.45) is 1.62. The summed E-state index contributed by atoms with van der Waals surface area (Å²) in [5.41, 5.74) is 1.23. The van der Waals surface area contributed by atoms with Crippen LogP contribution in [0.4, 0.5) is 4.39 Å². The van der Waals surface area contributed by atoms with Gasteiger partial charge in [0.2, 0.25) is 5.76 Å². The van der Waals surface area contributed by atoms with Crippen molar-refractivity contribution in [3.8, 4) is 0 Å². The van der Waals surface area contributed by atoms with Gasteiger partial charge in [-0.25, -0.2) is 4.39 Å². The van der Waals surface area contributed by atoms with Gasteiger partial charge in [0, 0.05) is 18.2 Å². The zero-order chi connectivity index (χ0) is 14.1. The van der Waals surface area contributed by atoms with Gasteiger partial charge in [0.25, 0.3) is 5.91 Å². The lowest BCUT2D eigenvalue weighted by atomic mass is 10.0. The van der Waals surface area contributed by atoms with Gasteiger partial charge in [-0.3, -0.25) is 4.79 Å². The summed E-state index contributed by atoms with van der Waals surface area (Å²) >= 11 is 0. The molecule has 0 radical (unpaired) electrons. The minimum absolute atomic E-state index is 0.214. The first-order valence-corrected chi connectivity index (χ1v) is 6.65. The highest BCUT2D eigenvalue weighted by molar-refractivity contribution is 5.92. The van der Waals surface area contributed by atoms with E-state index in [9.17, 15) is 9.18 Å². The lowest BCUT2D eigenvalue weighted by Gasteiger charge is -2.24. The number of hydrogen-bond acceptors (Lipinski definition) is 3. The van der Waals surface area contributed by atoms with Crippen molar-refractivity contribution >= 4 is 5.91 Å². The summed E-state index contributed by atoms with van der Waals surface area (Å²) in [6.45, 7) is 2.37. The second-order valence-corrected chi connectivity index (χ2v) is 5.01. The molecule has 0 aliphatic carbocycles. The topological polar surface area (TPSA) is 46.3 Å². The van der Waals surface area contributed by atoms with Gasteiger partial charge in [-0.2, -0.15) is 0 Å². The number of carbonyl (C=O) groups excluding carboxylic acids is 1. The van der Waals surface area contributed by atoms with E-state index in [-0.39, 0.29) is 23.5 Å². The van der Waals surface area contributed by atoms with Crippen LogP contribution < -0.4 is 0 Å². The maximum atomic E-state index is 13.9. The first kappa shape index (κ1) is 12.8. The highest BCUT2D eigenvalue weighted by Crippen LogP contribution is 2.34. The summed E-state index contributed by atoms with van der Waals surface area (Å²) in [5, 5.41) is 3.73. The van der Waals surface area contributed by atoms with Crippen LogP contribution in [0.3, 0.4) is 0 Å². The molecule has 2 aromatic rings. The molecule has 3 rings (SSSR count). The summed E-state index contributed by atoms with van der Waals surface area (Å²) in [5.74, 6) is -0.284. The maximum Gasteiger partial charge on any atom is 0.292 e. The first-order valence-electron chi connectivity index (χ1n) is 6.65. The number of hydrogen-bond donors (Lipinski definition) is 0. The molecular formula is C15H15FN2O2. The van der Waals surface area contributed by atoms with Crippen molar-refractivity contribution in [2.45, 2.75) is 25.8 Å². The standard InChI is InChI=1S/C15H15FN2O2/c1-10-9-14(20-17-10)15(19)18-8-4-7-13(18)11-5-2-3-6-12(11)16/h2-3,5-6,9,13H,4,7-8H2,1H3/t13-/m1/s1. The van der Waals surface area contributed by atoms with Crippen molar-refractivity contribution in [3.63, 3.8) is 0 Å². The third kappa shape index (κ3) is 2.19. The Morgan fingerprint density at radius 2 is 2.25 bits per heavy atom. The summed E-state index contributed by atoms with van der Waals surface area (Å²) in [7, 11) is 0. The molecule has 0 unspecified atom stereocenters. The zero-order valence-electron chi connectivity index (χ0n) is 11.2. The normalized spacial score (nSPS) is 18.5. The molecule has 4 nitrogen and oxygen atoms in total. The van der Waals surface area contributed by atoms with Crippen LogP contribution in [0.2, 0.25) is 0 Å². The van der Waals surface area contributed by atoms with Crippen molar-refractivity contribution in [2.24, 2.45) is 0 Å². The Balaban J connectivity index is 1.90. The largest absolute Gasteiger partial charge is 0.351 e. The number of benzene rings is 1. The Morgan fingerprint density at radius 3 is 2.95 bits per heavy atom. The van der Waals surface area contributed by atoms with Gasteiger partial charge < -0.3 is 9.42 Å². The highest BCUT2D eigenvalue weighted by atomic mass is 19.1. The summed E-state index contributed by atoms with van der Waals surface area (Å²) < 4.78 is 18.9. The van der Waals surface area contributed by atoms with Crippen molar-refractivity contribution < 1.29 is 13.7 Å². The Bertz CT molecular complexity index is 638. The molecule has 1 aliphatic rings. The molecule has 1 aliphatic heterocycles. The minimum Gasteiger partial charge on any atom is -0.351 e. The van der Waals surface area contributed by atoms with Crippen molar-refractivity contribution in [1.82, 2.24) is 10.1 Å².